The van der Waals surface area contributed by atoms with Gasteiger partial charge in [0.15, 0.2) is 0 Å². The Balaban J connectivity index is 2.55. The van der Waals surface area contributed by atoms with Crippen molar-refractivity contribution in [2.24, 2.45) is 21.7 Å². The van der Waals surface area contributed by atoms with Gasteiger partial charge in [0.05, 0.1) is 6.21 Å². The molecule has 0 fully saturated rings. The van der Waals surface area contributed by atoms with E-state index in [-0.39, 0.29) is 11.7 Å². The number of nitrogens with two attached hydrogens (primary N) is 2. The summed E-state index contributed by atoms with van der Waals surface area (Å²) < 4.78 is 0. The molecule has 2 aromatic carbocycles. The van der Waals surface area contributed by atoms with Gasteiger partial charge in [-0.05, 0) is 16.8 Å². The van der Waals surface area contributed by atoms with Crippen LogP contribution in [-0.2, 0) is 0 Å². The van der Waals surface area contributed by atoms with Crippen molar-refractivity contribution in [3.8, 4) is 5.75 Å². The van der Waals surface area contributed by atoms with Crippen LogP contribution < -0.4 is 11.5 Å². The summed E-state index contributed by atoms with van der Waals surface area (Å²) in [5.74, 6) is 0.0132. The van der Waals surface area contributed by atoms with Gasteiger partial charge in [-0.25, -0.2) is 0 Å². The molecular formula is C12H12N4O. The summed E-state index contributed by atoms with van der Waals surface area (Å²) in [5.41, 5.74) is 10.9. The molecule has 17 heavy (non-hydrogen) atoms. The van der Waals surface area contributed by atoms with Gasteiger partial charge in [-0.2, -0.15) is 5.10 Å². The van der Waals surface area contributed by atoms with E-state index in [4.69, 9.17) is 11.5 Å². The van der Waals surface area contributed by atoms with E-state index >= 15 is 0 Å². The molecule has 2 rings (SSSR count). The highest BCUT2D eigenvalue weighted by atomic mass is 16.3. The molecule has 0 aliphatic carbocycles. The molecule has 2 aromatic rings. The van der Waals surface area contributed by atoms with Crippen LogP contribution >= 0.6 is 0 Å². The van der Waals surface area contributed by atoms with Crippen molar-refractivity contribution in [2.45, 2.75) is 0 Å². The molecule has 5 heteroatoms. The molecule has 0 bridgehead atoms. The molecule has 0 saturated heterocycles. The molecule has 0 heterocycles. The second kappa shape index (κ2) is 4.52. The van der Waals surface area contributed by atoms with E-state index in [2.05, 4.69) is 10.2 Å². The van der Waals surface area contributed by atoms with Crippen LogP contribution in [0.25, 0.3) is 10.8 Å². The van der Waals surface area contributed by atoms with Crippen molar-refractivity contribution < 1.29 is 5.11 Å². The predicted octanol–water partition coefficient (Wildman–Crippen LogP) is 1.15. The number of hydrogen-bond acceptors (Lipinski definition) is 3. The highest BCUT2D eigenvalue weighted by molar-refractivity contribution is 6.02. The van der Waals surface area contributed by atoms with Gasteiger partial charge in [0.2, 0.25) is 5.96 Å². The lowest BCUT2D eigenvalue weighted by Gasteiger charge is -2.03. The molecule has 0 spiro atoms. The van der Waals surface area contributed by atoms with Crippen LogP contribution in [0.1, 0.15) is 5.56 Å². The lowest BCUT2D eigenvalue weighted by molar-refractivity contribution is 0.475. The summed E-state index contributed by atoms with van der Waals surface area (Å²) >= 11 is 0. The average Bonchev–Trinajstić information content (AvgIpc) is 2.32. The Morgan fingerprint density at radius 2 is 1.88 bits per heavy atom. The van der Waals surface area contributed by atoms with Gasteiger partial charge in [-0.3, -0.25) is 0 Å². The van der Waals surface area contributed by atoms with Gasteiger partial charge in [0.25, 0.3) is 0 Å². The second-order valence-electron chi connectivity index (χ2n) is 3.49. The maximum atomic E-state index is 9.77. The second-order valence-corrected chi connectivity index (χ2v) is 3.49. The minimum absolute atomic E-state index is 0.124. The van der Waals surface area contributed by atoms with Crippen LogP contribution in [0.3, 0.4) is 0 Å². The predicted molar refractivity (Wildman–Crippen MR) is 69.0 cm³/mol. The summed E-state index contributed by atoms with van der Waals surface area (Å²) in [6.45, 7) is 0. The van der Waals surface area contributed by atoms with Gasteiger partial charge in [0, 0.05) is 5.56 Å². The van der Waals surface area contributed by atoms with Gasteiger partial charge in [0.1, 0.15) is 5.75 Å². The van der Waals surface area contributed by atoms with Crippen LogP contribution in [0, 0.1) is 0 Å². The summed E-state index contributed by atoms with van der Waals surface area (Å²) in [4.78, 5) is 0. The van der Waals surface area contributed by atoms with E-state index in [1.165, 1.54) is 6.21 Å². The monoisotopic (exact) mass is 228 g/mol. The smallest absolute Gasteiger partial charge is 0.211 e. The average molecular weight is 228 g/mol. The fraction of sp³-hybridized carbons (Fsp3) is 0. The molecule has 0 saturated carbocycles. The number of nitrogens with zero attached hydrogens (tertiary/aromatic N) is 2. The molecule has 0 aliphatic heterocycles. The maximum absolute atomic E-state index is 9.77. The Labute approximate surface area is 98.1 Å². The quantitative estimate of drug-likeness (QED) is 0.408. The van der Waals surface area contributed by atoms with E-state index in [1.54, 1.807) is 6.07 Å². The summed E-state index contributed by atoms with van der Waals surface area (Å²) in [7, 11) is 0. The number of aromatic hydroxyl groups is 1. The van der Waals surface area contributed by atoms with E-state index in [0.29, 0.717) is 5.56 Å². The first-order valence-electron chi connectivity index (χ1n) is 5.01. The largest absolute Gasteiger partial charge is 0.507 e. The molecule has 0 atom stereocenters. The SMILES string of the molecule is NC(N)=N/N=C/c1c(O)ccc2ccccc12. The van der Waals surface area contributed by atoms with Gasteiger partial charge in [-0.1, -0.05) is 30.3 Å². The van der Waals surface area contributed by atoms with Crippen LogP contribution in [-0.4, -0.2) is 17.3 Å². The zero-order valence-electron chi connectivity index (χ0n) is 9.04. The van der Waals surface area contributed by atoms with Gasteiger partial charge < -0.3 is 16.6 Å². The number of benzene rings is 2. The topological polar surface area (TPSA) is 97.0 Å². The number of hydrogen-bond donors (Lipinski definition) is 3. The molecule has 0 amide bonds. The normalized spacial score (nSPS) is 10.8. The van der Waals surface area contributed by atoms with E-state index in [0.717, 1.165) is 10.8 Å². The number of phenolic OH excluding ortho intramolecular Hbond substituents is 1. The molecular weight excluding hydrogens is 216 g/mol. The summed E-state index contributed by atoms with van der Waals surface area (Å²) in [5, 5.41) is 18.9. The van der Waals surface area contributed by atoms with Crippen LogP contribution in [0.15, 0.2) is 46.6 Å². The standard InChI is InChI=1S/C12H12N4O/c13-12(14)16-15-7-10-9-4-2-1-3-8(9)5-6-11(10)17/h1-7,17H,(H4,13,14,16)/b15-7+. The van der Waals surface area contributed by atoms with E-state index < -0.39 is 0 Å². The molecule has 0 aromatic heterocycles. The number of guanidine groups is 1. The zero-order valence-corrected chi connectivity index (χ0v) is 9.04. The third-order valence-electron chi connectivity index (χ3n) is 2.31. The maximum Gasteiger partial charge on any atom is 0.211 e. The fourth-order valence-corrected chi connectivity index (χ4v) is 1.57. The Bertz CT molecular complexity index is 600. The summed E-state index contributed by atoms with van der Waals surface area (Å²) in [6, 6.07) is 11.1. The third-order valence-corrected chi connectivity index (χ3v) is 2.31. The number of fused-ring (bicyclic) bond motifs is 1. The first kappa shape index (κ1) is 10.9. The minimum atomic E-state index is -0.124. The lowest BCUT2D eigenvalue weighted by atomic mass is 10.0. The Morgan fingerprint density at radius 1 is 1.12 bits per heavy atom. The Morgan fingerprint density at radius 3 is 2.65 bits per heavy atom. The molecule has 86 valence electrons. The van der Waals surface area contributed by atoms with E-state index in [1.807, 2.05) is 30.3 Å². The molecule has 5 nitrogen and oxygen atoms in total. The van der Waals surface area contributed by atoms with Gasteiger partial charge in [-0.15, -0.1) is 5.10 Å². The highest BCUT2D eigenvalue weighted by Crippen LogP contribution is 2.25. The van der Waals surface area contributed by atoms with Crippen LogP contribution in [0.5, 0.6) is 5.75 Å². The third kappa shape index (κ3) is 2.34. The lowest BCUT2D eigenvalue weighted by Crippen LogP contribution is -2.21. The first-order valence-corrected chi connectivity index (χ1v) is 5.01. The van der Waals surface area contributed by atoms with Crippen molar-refractivity contribution in [1.29, 1.82) is 0 Å². The van der Waals surface area contributed by atoms with Crippen molar-refractivity contribution in [3.63, 3.8) is 0 Å². The summed E-state index contributed by atoms with van der Waals surface area (Å²) in [6.07, 6.45) is 1.43. The molecule has 5 N–H and O–H groups in total. The Kier molecular flexibility index (Phi) is 2.91. The number of rotatable bonds is 2. The van der Waals surface area contributed by atoms with Crippen molar-refractivity contribution in [3.05, 3.63) is 42.0 Å². The minimum Gasteiger partial charge on any atom is -0.507 e. The van der Waals surface area contributed by atoms with E-state index in [9.17, 15) is 5.11 Å². The molecule has 0 unspecified atom stereocenters. The van der Waals surface area contributed by atoms with Crippen molar-refractivity contribution in [1.82, 2.24) is 0 Å². The fourth-order valence-electron chi connectivity index (χ4n) is 1.57. The zero-order chi connectivity index (χ0) is 12.3. The van der Waals surface area contributed by atoms with Gasteiger partial charge >= 0.3 is 0 Å². The first-order chi connectivity index (χ1) is 8.18. The van der Waals surface area contributed by atoms with Crippen LogP contribution in [0.4, 0.5) is 0 Å². The van der Waals surface area contributed by atoms with Crippen molar-refractivity contribution >= 4 is 22.9 Å². The number of phenols is 1. The van der Waals surface area contributed by atoms with Crippen LogP contribution in [0.2, 0.25) is 0 Å². The van der Waals surface area contributed by atoms with Crippen molar-refractivity contribution in [2.75, 3.05) is 0 Å². The molecule has 0 radical (unpaired) electrons. The highest BCUT2D eigenvalue weighted by Gasteiger charge is 2.03. The molecule has 0 aliphatic rings. The Hall–Kier alpha value is -2.56.